The molecule has 0 bridgehead atoms. The summed E-state index contributed by atoms with van der Waals surface area (Å²) in [6, 6.07) is 14.8. The van der Waals surface area contributed by atoms with Gasteiger partial charge in [0, 0.05) is 25.7 Å². The number of nitrogens with zero attached hydrogens (tertiary/aromatic N) is 2. The van der Waals surface area contributed by atoms with Crippen LogP contribution >= 0.6 is 0 Å². The van der Waals surface area contributed by atoms with Crippen LogP contribution in [0.3, 0.4) is 0 Å². The van der Waals surface area contributed by atoms with Gasteiger partial charge in [-0.3, -0.25) is 9.74 Å². The second-order valence-corrected chi connectivity index (χ2v) is 14.6. The van der Waals surface area contributed by atoms with E-state index in [2.05, 4.69) is 10.2 Å². The summed E-state index contributed by atoms with van der Waals surface area (Å²) in [5.74, 6) is 0.371. The van der Waals surface area contributed by atoms with Crippen molar-refractivity contribution in [3.63, 3.8) is 0 Å². The minimum Gasteiger partial charge on any atom is -0.492 e. The van der Waals surface area contributed by atoms with Crippen LogP contribution < -0.4 is 10.1 Å². The minimum absolute atomic E-state index is 0.0156. The third-order valence-electron chi connectivity index (χ3n) is 9.37. The molecule has 1 amide bonds. The van der Waals surface area contributed by atoms with Gasteiger partial charge in [-0.05, 0) is 43.4 Å². The van der Waals surface area contributed by atoms with Gasteiger partial charge in [-0.25, -0.2) is 13.2 Å². The predicted octanol–water partition coefficient (Wildman–Crippen LogP) is 2.72. The molecule has 0 radical (unpaired) electrons. The Bertz CT molecular complexity index is 1420. The molecule has 48 heavy (non-hydrogen) atoms. The number of aliphatic hydroxyl groups is 1. The molecule has 0 unspecified atom stereocenters. The Balaban J connectivity index is 1.16. The molecule has 13 nitrogen and oxygen atoms in total. The number of ether oxygens (including phenoxy) is 5. The van der Waals surface area contributed by atoms with E-state index in [1.165, 1.54) is 12.1 Å². The predicted molar refractivity (Wildman–Crippen MR) is 174 cm³/mol. The number of nitrogens with one attached hydrogen (secondary N) is 1. The van der Waals surface area contributed by atoms with Crippen molar-refractivity contribution in [2.45, 2.75) is 74.1 Å². The van der Waals surface area contributed by atoms with Gasteiger partial charge in [0.1, 0.15) is 18.5 Å². The molecule has 5 atom stereocenters. The molecule has 6 rings (SSSR count). The van der Waals surface area contributed by atoms with Crippen molar-refractivity contribution in [3.05, 3.63) is 60.2 Å². The monoisotopic (exact) mass is 689 g/mol. The summed E-state index contributed by atoms with van der Waals surface area (Å²) in [7, 11) is -4.25. The van der Waals surface area contributed by atoms with Gasteiger partial charge in [0.2, 0.25) is 0 Å². The fourth-order valence-corrected chi connectivity index (χ4v) is 7.95. The summed E-state index contributed by atoms with van der Waals surface area (Å²) in [5, 5.41) is 14.4. The number of amides is 1. The zero-order valence-electron chi connectivity index (χ0n) is 27.2. The van der Waals surface area contributed by atoms with Gasteiger partial charge in [-0.1, -0.05) is 53.7 Å². The average Bonchev–Trinajstić information content (AvgIpc) is 3.86. The van der Waals surface area contributed by atoms with Crippen LogP contribution in [0.2, 0.25) is 0 Å². The lowest BCUT2D eigenvalue weighted by atomic mass is 10.0. The maximum atomic E-state index is 14.1. The zero-order chi connectivity index (χ0) is 33.3. The lowest BCUT2D eigenvalue weighted by Gasteiger charge is -2.31. The van der Waals surface area contributed by atoms with Crippen LogP contribution in [0.15, 0.2) is 59.5 Å². The van der Waals surface area contributed by atoms with Gasteiger partial charge < -0.3 is 34.1 Å². The van der Waals surface area contributed by atoms with Crippen molar-refractivity contribution in [2.75, 3.05) is 59.2 Å². The van der Waals surface area contributed by atoms with Crippen molar-refractivity contribution in [3.8, 4) is 5.75 Å². The molecule has 264 valence electrons. The molecule has 3 heterocycles. The molecule has 2 aromatic rings. The lowest BCUT2D eigenvalue weighted by Crippen LogP contribution is -2.51. The molecular weight excluding hydrogens is 642 g/mol. The van der Waals surface area contributed by atoms with Gasteiger partial charge in [-0.15, -0.1) is 0 Å². The Kier molecular flexibility index (Phi) is 12.2. The third kappa shape index (κ3) is 9.24. The number of carbonyl (C=O) groups excluding carboxylic acids is 1. The maximum absolute atomic E-state index is 14.1. The second-order valence-electron chi connectivity index (χ2n) is 12.8. The van der Waals surface area contributed by atoms with Crippen LogP contribution in [0.25, 0.3) is 0 Å². The first kappa shape index (κ1) is 35.0. The van der Waals surface area contributed by atoms with Gasteiger partial charge in [-0.2, -0.15) is 0 Å². The summed E-state index contributed by atoms with van der Waals surface area (Å²) in [6.45, 7) is 4.49. The average molecular weight is 690 g/mol. The number of carbonyl (C=O) groups is 1. The number of sulfonamides is 1. The van der Waals surface area contributed by atoms with Crippen molar-refractivity contribution in [1.82, 2.24) is 14.7 Å². The number of fused-ring (bicyclic) bond motifs is 1. The van der Waals surface area contributed by atoms with Crippen LogP contribution in [0.4, 0.5) is 4.79 Å². The topological polar surface area (TPSA) is 145 Å². The number of aliphatic hydroxyl groups excluding tert-OH is 1. The molecular formula is C34H47N3O10S. The van der Waals surface area contributed by atoms with Crippen LogP contribution in [-0.4, -0.2) is 119 Å². The van der Waals surface area contributed by atoms with Crippen molar-refractivity contribution in [1.29, 1.82) is 0 Å². The molecule has 14 heteroatoms. The first-order valence-corrected chi connectivity index (χ1v) is 18.4. The second kappa shape index (κ2) is 16.7. The number of hydrogen-bond acceptors (Lipinski definition) is 11. The standard InChI is InChI=1S/C34H47N3O10S/c38-31(30(21-25-7-2-1-3-8-25)35-34(39)46-32-24-45-33-29(32)13-17-44-33)23-37(47-26-9-4-5-10-26)48(40,41)28-12-6-11-27(22-28)43-20-16-36-14-18-42-19-15-36/h1-3,6-8,11-12,22,26,29-33,38H,4-5,9-10,13-21,23-24H2,(H,35,39)/t29-,30+,31+,32-,33+/m1/s1. The van der Waals surface area contributed by atoms with E-state index in [1.54, 1.807) is 12.1 Å². The number of morpholine rings is 1. The highest BCUT2D eigenvalue weighted by Gasteiger charge is 2.44. The van der Waals surface area contributed by atoms with Crippen LogP contribution in [0, 0.1) is 5.92 Å². The molecule has 3 aliphatic heterocycles. The molecule has 4 aliphatic rings. The minimum atomic E-state index is -4.25. The molecule has 2 N–H and O–H groups in total. The largest absolute Gasteiger partial charge is 0.492 e. The normalized spacial score (nSPS) is 24.8. The van der Waals surface area contributed by atoms with E-state index < -0.39 is 40.9 Å². The molecule has 0 aromatic heterocycles. The van der Waals surface area contributed by atoms with Crippen LogP contribution in [-0.2, 0) is 40.2 Å². The quantitative estimate of drug-likeness (QED) is 0.266. The Hall–Kier alpha value is -2.82. The van der Waals surface area contributed by atoms with Gasteiger partial charge in [0.25, 0.3) is 10.0 Å². The molecule has 4 fully saturated rings. The summed E-state index contributed by atoms with van der Waals surface area (Å²) in [4.78, 5) is 21.5. The SMILES string of the molecule is O=C(N[C@@H](Cc1ccccc1)[C@@H](O)CN(OC1CCCC1)S(=O)(=O)c1cccc(OCCN2CCOCC2)c1)O[C@@H]1CO[C@@H]2OCC[C@@H]21. The van der Waals surface area contributed by atoms with E-state index in [-0.39, 0.29) is 36.2 Å². The Morgan fingerprint density at radius 1 is 1.02 bits per heavy atom. The van der Waals surface area contributed by atoms with E-state index >= 15 is 0 Å². The van der Waals surface area contributed by atoms with E-state index in [4.69, 9.17) is 28.5 Å². The van der Waals surface area contributed by atoms with E-state index in [0.29, 0.717) is 51.6 Å². The first-order chi connectivity index (χ1) is 23.3. The summed E-state index contributed by atoms with van der Waals surface area (Å²) < 4.78 is 57.4. The van der Waals surface area contributed by atoms with Crippen LogP contribution in [0.5, 0.6) is 5.75 Å². The molecule has 2 aromatic carbocycles. The lowest BCUT2D eigenvalue weighted by molar-refractivity contribution is -0.145. The number of rotatable bonds is 15. The molecule has 1 saturated carbocycles. The third-order valence-corrected chi connectivity index (χ3v) is 11.0. The van der Waals surface area contributed by atoms with Gasteiger partial charge >= 0.3 is 6.09 Å². The number of hydroxylamine groups is 1. The first-order valence-electron chi connectivity index (χ1n) is 17.0. The van der Waals surface area contributed by atoms with E-state index in [0.717, 1.165) is 42.4 Å². The number of hydrogen-bond donors (Lipinski definition) is 2. The summed E-state index contributed by atoms with van der Waals surface area (Å²) >= 11 is 0. The van der Waals surface area contributed by atoms with E-state index in [9.17, 15) is 18.3 Å². The number of alkyl carbamates (subject to hydrolysis) is 1. The van der Waals surface area contributed by atoms with Crippen molar-refractivity contribution >= 4 is 16.1 Å². The van der Waals surface area contributed by atoms with Crippen molar-refractivity contribution < 1.29 is 46.8 Å². The molecule has 3 saturated heterocycles. The highest BCUT2D eigenvalue weighted by atomic mass is 32.2. The van der Waals surface area contributed by atoms with Crippen molar-refractivity contribution in [2.24, 2.45) is 5.92 Å². The van der Waals surface area contributed by atoms with Gasteiger partial charge in [0.15, 0.2) is 6.29 Å². The summed E-state index contributed by atoms with van der Waals surface area (Å²) in [5.41, 5.74) is 0.850. The summed E-state index contributed by atoms with van der Waals surface area (Å²) in [6.07, 6.45) is 1.00. The highest BCUT2D eigenvalue weighted by Crippen LogP contribution is 2.33. The van der Waals surface area contributed by atoms with E-state index in [1.807, 2.05) is 30.3 Å². The zero-order valence-corrected chi connectivity index (χ0v) is 28.0. The molecule has 1 aliphatic carbocycles. The maximum Gasteiger partial charge on any atom is 0.407 e. The Labute approximate surface area is 282 Å². The van der Waals surface area contributed by atoms with Gasteiger partial charge in [0.05, 0.1) is 62.0 Å². The van der Waals surface area contributed by atoms with Crippen LogP contribution in [0.1, 0.15) is 37.7 Å². The number of benzene rings is 2. The highest BCUT2D eigenvalue weighted by molar-refractivity contribution is 7.89. The Morgan fingerprint density at radius 2 is 1.81 bits per heavy atom. The smallest absolute Gasteiger partial charge is 0.407 e. The fraction of sp³-hybridized carbons (Fsp3) is 0.618. The Morgan fingerprint density at radius 3 is 2.60 bits per heavy atom. The fourth-order valence-electron chi connectivity index (χ4n) is 6.62. The molecule has 0 spiro atoms.